The van der Waals surface area contributed by atoms with Crippen LogP contribution in [0.4, 0.5) is 4.79 Å². The molecule has 2 unspecified atom stereocenters. The third kappa shape index (κ3) is 2.37. The molecule has 116 valence electrons. The number of aliphatic imine (C=N–C) groups is 1. The summed E-state index contributed by atoms with van der Waals surface area (Å²) in [5.74, 6) is 0.254. The normalized spacial score (nSPS) is 22.7. The summed E-state index contributed by atoms with van der Waals surface area (Å²) >= 11 is 0. The first kappa shape index (κ1) is 14.2. The summed E-state index contributed by atoms with van der Waals surface area (Å²) in [4.78, 5) is 16.5. The largest absolute Gasteiger partial charge is 0.341 e. The lowest BCUT2D eigenvalue weighted by atomic mass is 9.75. The molecule has 0 bridgehead atoms. The minimum Gasteiger partial charge on any atom is -0.329 e. The number of carbonyl (C=O) groups excluding carboxylic acids is 1. The number of urea groups is 1. The Morgan fingerprint density at radius 1 is 1.09 bits per heavy atom. The molecular formula is C20H20N2O. The Morgan fingerprint density at radius 2 is 1.91 bits per heavy atom. The van der Waals surface area contributed by atoms with Gasteiger partial charge in [0.2, 0.25) is 0 Å². The number of nitrogens with zero attached hydrogens (tertiary/aromatic N) is 1. The number of hydrogen-bond donors (Lipinski definition) is 1. The number of rotatable bonds is 1. The molecule has 23 heavy (non-hydrogen) atoms. The van der Waals surface area contributed by atoms with Gasteiger partial charge in [0.1, 0.15) is 0 Å². The molecule has 3 nitrogen and oxygen atoms in total. The number of benzene rings is 2. The highest BCUT2D eigenvalue weighted by atomic mass is 16.2. The Balaban J connectivity index is 1.79. The molecule has 2 amide bonds. The zero-order valence-corrected chi connectivity index (χ0v) is 13.5. The highest BCUT2D eigenvalue weighted by Crippen LogP contribution is 2.37. The Bertz CT molecular complexity index is 822. The van der Waals surface area contributed by atoms with Gasteiger partial charge in [-0.05, 0) is 54.5 Å². The molecule has 0 fully saturated rings. The Morgan fingerprint density at radius 3 is 2.74 bits per heavy atom. The molecule has 0 aromatic heterocycles. The van der Waals surface area contributed by atoms with Crippen LogP contribution in [0.25, 0.3) is 0 Å². The van der Waals surface area contributed by atoms with Crippen molar-refractivity contribution in [2.45, 2.75) is 32.7 Å². The molecule has 0 saturated heterocycles. The van der Waals surface area contributed by atoms with Crippen LogP contribution < -0.4 is 5.32 Å². The molecule has 1 aliphatic carbocycles. The number of hydrogen-bond acceptors (Lipinski definition) is 1. The molecule has 1 heterocycles. The number of aryl methyl sites for hydroxylation is 3. The van der Waals surface area contributed by atoms with Crippen LogP contribution in [-0.2, 0) is 6.42 Å². The molecule has 2 atom stereocenters. The first-order chi connectivity index (χ1) is 11.1. The van der Waals surface area contributed by atoms with Crippen LogP contribution in [0.1, 0.15) is 40.3 Å². The van der Waals surface area contributed by atoms with E-state index in [1.165, 1.54) is 22.3 Å². The Labute approximate surface area is 136 Å². The minimum absolute atomic E-state index is 0.0163. The van der Waals surface area contributed by atoms with Crippen molar-refractivity contribution in [3.8, 4) is 0 Å². The van der Waals surface area contributed by atoms with Crippen molar-refractivity contribution in [2.24, 2.45) is 10.9 Å². The first-order valence-electron chi connectivity index (χ1n) is 8.18. The SMILES string of the molecule is Cc1ccc(C2NC(=O)N=C3c4ccccc4CCC32)cc1C. The van der Waals surface area contributed by atoms with Crippen molar-refractivity contribution in [3.63, 3.8) is 0 Å². The quantitative estimate of drug-likeness (QED) is 0.846. The van der Waals surface area contributed by atoms with Crippen molar-refractivity contribution >= 4 is 11.7 Å². The van der Waals surface area contributed by atoms with Crippen molar-refractivity contribution < 1.29 is 4.79 Å². The van der Waals surface area contributed by atoms with Crippen molar-refractivity contribution in [1.82, 2.24) is 5.32 Å². The summed E-state index contributed by atoms with van der Waals surface area (Å²) in [7, 11) is 0. The van der Waals surface area contributed by atoms with Gasteiger partial charge in [-0.15, -0.1) is 0 Å². The second-order valence-electron chi connectivity index (χ2n) is 6.57. The number of carbonyl (C=O) groups is 1. The maximum Gasteiger partial charge on any atom is 0.341 e. The van der Waals surface area contributed by atoms with Gasteiger partial charge in [-0.2, -0.15) is 4.99 Å². The molecule has 2 aliphatic rings. The summed E-state index contributed by atoms with van der Waals surface area (Å²) < 4.78 is 0. The summed E-state index contributed by atoms with van der Waals surface area (Å²) in [6, 6.07) is 14.6. The number of amides is 2. The van der Waals surface area contributed by atoms with E-state index in [0.29, 0.717) is 0 Å². The van der Waals surface area contributed by atoms with Gasteiger partial charge >= 0.3 is 6.03 Å². The lowest BCUT2D eigenvalue weighted by molar-refractivity contribution is 0.239. The van der Waals surface area contributed by atoms with E-state index in [1.807, 2.05) is 6.07 Å². The third-order valence-corrected chi connectivity index (χ3v) is 5.16. The van der Waals surface area contributed by atoms with Crippen molar-refractivity contribution in [2.75, 3.05) is 0 Å². The predicted octanol–water partition coefficient (Wildman–Crippen LogP) is 4.12. The smallest absolute Gasteiger partial charge is 0.329 e. The molecule has 2 aromatic rings. The van der Waals surface area contributed by atoms with E-state index in [-0.39, 0.29) is 18.0 Å². The van der Waals surface area contributed by atoms with Gasteiger partial charge in [-0.1, -0.05) is 42.5 Å². The van der Waals surface area contributed by atoms with Crippen LogP contribution in [0, 0.1) is 19.8 Å². The predicted molar refractivity (Wildman–Crippen MR) is 92.0 cm³/mol. The highest BCUT2D eigenvalue weighted by Gasteiger charge is 2.37. The van der Waals surface area contributed by atoms with Crippen LogP contribution >= 0.6 is 0 Å². The van der Waals surface area contributed by atoms with E-state index < -0.39 is 0 Å². The average molecular weight is 304 g/mol. The molecule has 1 N–H and O–H groups in total. The molecule has 0 spiro atoms. The summed E-state index contributed by atoms with van der Waals surface area (Å²) in [5.41, 5.74) is 7.12. The van der Waals surface area contributed by atoms with Gasteiger partial charge in [0.05, 0.1) is 11.8 Å². The van der Waals surface area contributed by atoms with Gasteiger partial charge in [-0.25, -0.2) is 4.79 Å². The maximum atomic E-state index is 12.2. The standard InChI is InChI=1S/C20H20N2O/c1-12-7-8-15(11-13(12)2)18-17-10-9-14-5-3-4-6-16(14)19(17)22-20(23)21-18/h3-8,11,17-18H,9-10H2,1-2H3,(H,21,23). The van der Waals surface area contributed by atoms with E-state index in [4.69, 9.17) is 0 Å². The lowest BCUT2D eigenvalue weighted by Gasteiger charge is -2.36. The summed E-state index contributed by atoms with van der Waals surface area (Å²) in [6.45, 7) is 4.23. The lowest BCUT2D eigenvalue weighted by Crippen LogP contribution is -2.43. The Hall–Kier alpha value is -2.42. The molecule has 0 radical (unpaired) electrons. The van der Waals surface area contributed by atoms with Crippen LogP contribution in [0.3, 0.4) is 0 Å². The molecule has 2 aromatic carbocycles. The zero-order valence-electron chi connectivity index (χ0n) is 13.5. The van der Waals surface area contributed by atoms with E-state index in [0.717, 1.165) is 24.1 Å². The second kappa shape index (κ2) is 5.34. The van der Waals surface area contributed by atoms with Crippen LogP contribution in [0.2, 0.25) is 0 Å². The van der Waals surface area contributed by atoms with Crippen LogP contribution in [0.5, 0.6) is 0 Å². The van der Waals surface area contributed by atoms with Crippen molar-refractivity contribution in [3.05, 3.63) is 70.3 Å². The molecule has 0 saturated carbocycles. The van der Waals surface area contributed by atoms with Crippen LogP contribution in [0.15, 0.2) is 47.5 Å². The summed E-state index contributed by atoms with van der Waals surface area (Å²) in [6.07, 6.45) is 2.06. The number of nitrogens with one attached hydrogen (secondary N) is 1. The maximum absolute atomic E-state index is 12.2. The second-order valence-corrected chi connectivity index (χ2v) is 6.57. The summed E-state index contributed by atoms with van der Waals surface area (Å²) in [5, 5.41) is 3.08. The van der Waals surface area contributed by atoms with Crippen molar-refractivity contribution in [1.29, 1.82) is 0 Å². The fourth-order valence-corrected chi connectivity index (χ4v) is 3.75. The first-order valence-corrected chi connectivity index (χ1v) is 8.18. The minimum atomic E-state index is -0.226. The van der Waals surface area contributed by atoms with E-state index in [2.05, 4.69) is 60.6 Å². The fourth-order valence-electron chi connectivity index (χ4n) is 3.75. The van der Waals surface area contributed by atoms with Crippen LogP contribution in [-0.4, -0.2) is 11.7 Å². The van der Waals surface area contributed by atoms with E-state index in [1.54, 1.807) is 0 Å². The van der Waals surface area contributed by atoms with Gasteiger partial charge in [-0.3, -0.25) is 0 Å². The third-order valence-electron chi connectivity index (χ3n) is 5.16. The number of fused-ring (bicyclic) bond motifs is 3. The average Bonchev–Trinajstić information content (AvgIpc) is 2.56. The Kier molecular flexibility index (Phi) is 3.29. The zero-order chi connectivity index (χ0) is 16.0. The van der Waals surface area contributed by atoms with Gasteiger partial charge in [0.25, 0.3) is 0 Å². The van der Waals surface area contributed by atoms with Gasteiger partial charge in [0, 0.05) is 5.92 Å². The fraction of sp³-hybridized carbons (Fsp3) is 0.300. The van der Waals surface area contributed by atoms with Gasteiger partial charge in [0.15, 0.2) is 0 Å². The molecule has 1 aliphatic heterocycles. The molecule has 4 rings (SSSR count). The monoisotopic (exact) mass is 304 g/mol. The molecule has 3 heteroatoms. The van der Waals surface area contributed by atoms with Gasteiger partial charge < -0.3 is 5.32 Å². The highest BCUT2D eigenvalue weighted by molar-refractivity contribution is 6.11. The van der Waals surface area contributed by atoms with E-state index in [9.17, 15) is 4.79 Å². The van der Waals surface area contributed by atoms with E-state index >= 15 is 0 Å². The molecular weight excluding hydrogens is 284 g/mol. The topological polar surface area (TPSA) is 41.5 Å².